The number of hydrogen-bond acceptors (Lipinski definition) is 0. The van der Waals surface area contributed by atoms with Gasteiger partial charge in [0, 0.05) is 0 Å². The molecule has 27 heavy (non-hydrogen) atoms. The van der Waals surface area contributed by atoms with Crippen LogP contribution < -0.4 is 17.0 Å². The lowest BCUT2D eigenvalue weighted by molar-refractivity contribution is -0.870. The second kappa shape index (κ2) is 22.7. The number of unbranched alkanes of at least 4 members (excludes halogenated alkanes) is 19. The van der Waals surface area contributed by atoms with Crippen molar-refractivity contribution in [1.29, 1.82) is 0 Å². The third-order valence-corrected chi connectivity index (χ3v) is 5.68. The average molecular weight is 449 g/mol. The van der Waals surface area contributed by atoms with E-state index in [0.717, 1.165) is 4.48 Å². The van der Waals surface area contributed by atoms with Crippen LogP contribution in [-0.2, 0) is 0 Å². The first-order valence-electron chi connectivity index (χ1n) is 12.4. The van der Waals surface area contributed by atoms with Crippen LogP contribution in [0.25, 0.3) is 0 Å². The molecule has 0 spiro atoms. The lowest BCUT2D eigenvalue weighted by atomic mass is 10.0. The molecule has 0 fully saturated rings. The van der Waals surface area contributed by atoms with Crippen molar-refractivity contribution in [2.45, 2.75) is 135 Å². The average Bonchev–Trinajstić information content (AvgIpc) is 2.59. The number of hydrogen-bond donors (Lipinski definition) is 0. The molecule has 0 aromatic heterocycles. The molecule has 166 valence electrons. The van der Waals surface area contributed by atoms with Crippen molar-refractivity contribution in [1.82, 2.24) is 0 Å². The summed E-state index contributed by atoms with van der Waals surface area (Å²) in [5.74, 6) is 0. The van der Waals surface area contributed by atoms with E-state index in [4.69, 9.17) is 0 Å². The summed E-state index contributed by atoms with van der Waals surface area (Å²) in [4.78, 5) is 0. The quantitative estimate of drug-likeness (QED) is 0.160. The summed E-state index contributed by atoms with van der Waals surface area (Å²) < 4.78 is 1.12. The highest BCUT2D eigenvalue weighted by Gasteiger charge is 2.04. The van der Waals surface area contributed by atoms with Gasteiger partial charge >= 0.3 is 0 Å². The Labute approximate surface area is 184 Å². The largest absolute Gasteiger partial charge is 1.00 e. The van der Waals surface area contributed by atoms with E-state index in [1.165, 1.54) is 135 Å². The molecule has 0 radical (unpaired) electrons. The van der Waals surface area contributed by atoms with Gasteiger partial charge in [-0.05, 0) is 12.8 Å². The molecular formula is C25H54BrN. The van der Waals surface area contributed by atoms with E-state index in [1.54, 1.807) is 0 Å². The third kappa shape index (κ3) is 28.7. The Bertz CT molecular complexity index is 260. The van der Waals surface area contributed by atoms with Gasteiger partial charge in [0.2, 0.25) is 0 Å². The maximum Gasteiger partial charge on any atom is 0.0780 e. The summed E-state index contributed by atoms with van der Waals surface area (Å²) in [6.45, 7) is 3.63. The summed E-state index contributed by atoms with van der Waals surface area (Å²) in [6.07, 6.45) is 29.3. The van der Waals surface area contributed by atoms with Gasteiger partial charge in [-0.2, -0.15) is 0 Å². The molecule has 0 atom stereocenters. The van der Waals surface area contributed by atoms with Gasteiger partial charge in [0.05, 0.1) is 27.7 Å². The molecule has 1 nitrogen and oxygen atoms in total. The van der Waals surface area contributed by atoms with E-state index in [1.807, 2.05) is 0 Å². The summed E-state index contributed by atoms with van der Waals surface area (Å²) in [5.41, 5.74) is 0. The number of nitrogens with zero attached hydrogens (tertiary/aromatic N) is 1. The summed E-state index contributed by atoms with van der Waals surface area (Å²) in [6, 6.07) is 0. The maximum atomic E-state index is 2.30. The second-order valence-corrected chi connectivity index (χ2v) is 9.73. The molecule has 2 heteroatoms. The lowest BCUT2D eigenvalue weighted by Gasteiger charge is -2.23. The van der Waals surface area contributed by atoms with E-state index in [9.17, 15) is 0 Å². The third-order valence-electron chi connectivity index (χ3n) is 5.68. The molecule has 0 aromatic rings. The molecule has 0 N–H and O–H groups in total. The summed E-state index contributed by atoms with van der Waals surface area (Å²) >= 11 is 0. The minimum absolute atomic E-state index is 0. The van der Waals surface area contributed by atoms with Crippen molar-refractivity contribution in [3.8, 4) is 0 Å². The van der Waals surface area contributed by atoms with Crippen molar-refractivity contribution in [2.75, 3.05) is 27.7 Å². The lowest BCUT2D eigenvalue weighted by Crippen LogP contribution is -3.00. The Morgan fingerprint density at radius 1 is 0.370 bits per heavy atom. The van der Waals surface area contributed by atoms with E-state index in [2.05, 4.69) is 28.1 Å². The Kier molecular flexibility index (Phi) is 24.9. The van der Waals surface area contributed by atoms with Crippen LogP contribution in [0.4, 0.5) is 0 Å². The molecule has 0 heterocycles. The first-order valence-corrected chi connectivity index (χ1v) is 12.4. The number of rotatable bonds is 21. The molecule has 0 bridgehead atoms. The van der Waals surface area contributed by atoms with Gasteiger partial charge in [-0.1, -0.05) is 122 Å². The predicted octanol–water partition coefficient (Wildman–Crippen LogP) is 5.52. The zero-order valence-electron chi connectivity index (χ0n) is 19.7. The van der Waals surface area contributed by atoms with Crippen LogP contribution in [-0.4, -0.2) is 32.2 Å². The smallest absolute Gasteiger partial charge is 0.0780 e. The van der Waals surface area contributed by atoms with E-state index in [-0.39, 0.29) is 17.0 Å². The Morgan fingerprint density at radius 2 is 0.593 bits per heavy atom. The normalized spacial score (nSPS) is 11.6. The number of quaternary nitrogens is 1. The van der Waals surface area contributed by atoms with Crippen molar-refractivity contribution in [3.63, 3.8) is 0 Å². The van der Waals surface area contributed by atoms with Crippen LogP contribution in [0.2, 0.25) is 0 Å². The highest BCUT2D eigenvalue weighted by Crippen LogP contribution is 2.14. The van der Waals surface area contributed by atoms with Crippen molar-refractivity contribution < 1.29 is 21.5 Å². The highest BCUT2D eigenvalue weighted by molar-refractivity contribution is 4.50. The van der Waals surface area contributed by atoms with Crippen molar-refractivity contribution in [3.05, 3.63) is 0 Å². The maximum absolute atomic E-state index is 2.30. The van der Waals surface area contributed by atoms with Crippen LogP contribution in [0.1, 0.15) is 135 Å². The zero-order valence-corrected chi connectivity index (χ0v) is 21.3. The van der Waals surface area contributed by atoms with E-state index >= 15 is 0 Å². The Morgan fingerprint density at radius 3 is 0.815 bits per heavy atom. The van der Waals surface area contributed by atoms with Gasteiger partial charge in [0.25, 0.3) is 0 Å². The standard InChI is InChI=1S/C25H54N.BrH/c1-5-6-7-8-9-10-11-12-13-14-15-16-17-18-19-20-21-22-23-24-25-26(2,3)4;/h5-25H2,1-4H3;1H/q+1;/p-1. The first-order chi connectivity index (χ1) is 12.6. The molecule has 0 aliphatic rings. The molecular weight excluding hydrogens is 394 g/mol. The molecule has 0 saturated carbocycles. The van der Waals surface area contributed by atoms with Gasteiger partial charge in [-0.25, -0.2) is 0 Å². The summed E-state index contributed by atoms with van der Waals surface area (Å²) in [7, 11) is 6.90. The first kappa shape index (κ1) is 29.6. The molecule has 0 amide bonds. The predicted molar refractivity (Wildman–Crippen MR) is 121 cm³/mol. The minimum Gasteiger partial charge on any atom is -1.00 e. The van der Waals surface area contributed by atoms with Crippen LogP contribution in [0.15, 0.2) is 0 Å². The minimum atomic E-state index is 0. The molecule has 0 aliphatic carbocycles. The molecule has 0 saturated heterocycles. The zero-order chi connectivity index (χ0) is 19.3. The van der Waals surface area contributed by atoms with Crippen LogP contribution in [0.5, 0.6) is 0 Å². The van der Waals surface area contributed by atoms with Crippen molar-refractivity contribution >= 4 is 0 Å². The topological polar surface area (TPSA) is 0 Å². The Hall–Kier alpha value is 0.440. The van der Waals surface area contributed by atoms with Gasteiger partial charge in [-0.15, -0.1) is 0 Å². The second-order valence-electron chi connectivity index (χ2n) is 9.73. The van der Waals surface area contributed by atoms with Crippen LogP contribution in [0, 0.1) is 0 Å². The summed E-state index contributed by atoms with van der Waals surface area (Å²) in [5, 5.41) is 0. The van der Waals surface area contributed by atoms with Gasteiger partial charge < -0.3 is 21.5 Å². The van der Waals surface area contributed by atoms with E-state index in [0.29, 0.717) is 0 Å². The molecule has 0 rings (SSSR count). The fourth-order valence-corrected chi connectivity index (χ4v) is 3.84. The molecule has 0 aromatic carbocycles. The fraction of sp³-hybridized carbons (Fsp3) is 1.00. The SMILES string of the molecule is CCCCCCCCCCCCCCCCCCCCCC[N+](C)(C)C.[Br-]. The molecule has 0 unspecified atom stereocenters. The molecule has 0 aliphatic heterocycles. The fourth-order valence-electron chi connectivity index (χ4n) is 3.84. The van der Waals surface area contributed by atoms with E-state index < -0.39 is 0 Å². The highest BCUT2D eigenvalue weighted by atomic mass is 79.9. The van der Waals surface area contributed by atoms with Gasteiger partial charge in [-0.3, -0.25) is 0 Å². The monoisotopic (exact) mass is 447 g/mol. The van der Waals surface area contributed by atoms with Gasteiger partial charge in [0.15, 0.2) is 0 Å². The van der Waals surface area contributed by atoms with Crippen LogP contribution in [0.3, 0.4) is 0 Å². The Balaban J connectivity index is 0. The van der Waals surface area contributed by atoms with Crippen LogP contribution >= 0.6 is 0 Å². The van der Waals surface area contributed by atoms with Crippen molar-refractivity contribution in [2.24, 2.45) is 0 Å². The number of halogens is 1. The van der Waals surface area contributed by atoms with Gasteiger partial charge in [0.1, 0.15) is 0 Å².